The van der Waals surface area contributed by atoms with Gasteiger partial charge >= 0.3 is 6.18 Å². The Bertz CT molecular complexity index is 936. The summed E-state index contributed by atoms with van der Waals surface area (Å²) in [6.07, 6.45) is -3.92. The molecule has 1 aliphatic heterocycles. The zero-order valence-electron chi connectivity index (χ0n) is 15.8. The van der Waals surface area contributed by atoms with Crippen molar-refractivity contribution < 1.29 is 18.0 Å². The molecule has 0 N–H and O–H groups in total. The van der Waals surface area contributed by atoms with Crippen molar-refractivity contribution in [3.05, 3.63) is 70.0 Å². The second-order valence-corrected chi connectivity index (χ2v) is 7.74. The third-order valence-corrected chi connectivity index (χ3v) is 5.28. The summed E-state index contributed by atoms with van der Waals surface area (Å²) in [4.78, 5) is 19.0. The molecule has 3 rings (SSSR count). The molecule has 1 aromatic heterocycles. The molecule has 0 fully saturated rings. The van der Waals surface area contributed by atoms with Crippen LogP contribution in [0.3, 0.4) is 0 Å². The fourth-order valence-electron chi connectivity index (χ4n) is 3.44. The molecule has 0 spiro atoms. The fourth-order valence-corrected chi connectivity index (χ4v) is 3.65. The molecule has 0 aliphatic carbocycles. The van der Waals surface area contributed by atoms with Crippen molar-refractivity contribution >= 4 is 23.1 Å². The second-order valence-electron chi connectivity index (χ2n) is 7.35. The summed E-state index contributed by atoms with van der Waals surface area (Å²) in [5, 5.41) is -0.252. The van der Waals surface area contributed by atoms with Crippen molar-refractivity contribution in [1.29, 1.82) is 0 Å². The average molecular weight is 409 g/mol. The van der Waals surface area contributed by atoms with E-state index in [2.05, 4.69) is 4.98 Å². The van der Waals surface area contributed by atoms with Crippen molar-refractivity contribution in [3.63, 3.8) is 0 Å². The lowest BCUT2D eigenvalue weighted by Crippen LogP contribution is -2.49. The fraction of sp³-hybridized carbons (Fsp3) is 0.333. The minimum absolute atomic E-state index is 0.104. The number of hydrogen-bond donors (Lipinski definition) is 0. The number of aromatic nitrogens is 1. The summed E-state index contributed by atoms with van der Waals surface area (Å²) >= 11 is 5.86. The summed E-state index contributed by atoms with van der Waals surface area (Å²) in [5.41, 5.74) is 0.488. The maximum Gasteiger partial charge on any atom is 0.416 e. The van der Waals surface area contributed by atoms with Crippen molar-refractivity contribution in [3.8, 4) is 0 Å². The monoisotopic (exact) mass is 408 g/mol. The third kappa shape index (κ3) is 3.78. The highest BCUT2D eigenvalue weighted by molar-refractivity contribution is 6.29. The molecular formula is C21H20ClF3N2O. The molecule has 0 unspecified atom stereocenters. The summed E-state index contributed by atoms with van der Waals surface area (Å²) in [6, 6.07) is 11.0. The van der Waals surface area contributed by atoms with E-state index in [1.165, 1.54) is 0 Å². The highest BCUT2D eigenvalue weighted by Crippen LogP contribution is 2.38. The number of carbonyl (C=O) groups is 1. The van der Waals surface area contributed by atoms with E-state index in [1.54, 1.807) is 18.7 Å². The van der Waals surface area contributed by atoms with Gasteiger partial charge in [0.05, 0.1) is 16.8 Å². The number of amides is 1. The van der Waals surface area contributed by atoms with Crippen LogP contribution in [0.15, 0.2) is 48.0 Å². The maximum atomic E-state index is 13.3. The van der Waals surface area contributed by atoms with E-state index in [9.17, 15) is 18.0 Å². The Kier molecular flexibility index (Phi) is 5.28. The van der Waals surface area contributed by atoms with Gasteiger partial charge in [-0.05, 0) is 44.9 Å². The number of nitrogens with zero attached hydrogens (tertiary/aromatic N) is 2. The molecule has 7 heteroatoms. The SMILES string of the molecule is CC1=C(c2ccccc2)C(=O)N(C(C)(C)c2cc(C(F)(F)F)cc(Cl)n2)CC1. The zero-order valence-corrected chi connectivity index (χ0v) is 16.5. The highest BCUT2D eigenvalue weighted by Gasteiger charge is 2.40. The lowest BCUT2D eigenvalue weighted by atomic mass is 9.88. The van der Waals surface area contributed by atoms with E-state index in [0.717, 1.165) is 23.3 Å². The van der Waals surface area contributed by atoms with Gasteiger partial charge in [-0.25, -0.2) is 4.98 Å². The quantitative estimate of drug-likeness (QED) is 0.611. The van der Waals surface area contributed by atoms with Gasteiger partial charge in [0.25, 0.3) is 5.91 Å². The van der Waals surface area contributed by atoms with Gasteiger partial charge < -0.3 is 4.90 Å². The van der Waals surface area contributed by atoms with E-state index in [0.29, 0.717) is 18.5 Å². The molecular weight excluding hydrogens is 389 g/mol. The largest absolute Gasteiger partial charge is 0.416 e. The molecule has 0 saturated heterocycles. The Morgan fingerprint density at radius 3 is 2.36 bits per heavy atom. The molecule has 1 aliphatic rings. The third-order valence-electron chi connectivity index (χ3n) is 5.08. The van der Waals surface area contributed by atoms with E-state index < -0.39 is 17.3 Å². The standard InChI is InChI=1S/C21H20ClF3N2O/c1-13-9-10-27(19(28)18(13)14-7-5-4-6-8-14)20(2,3)16-11-15(21(23,24)25)12-17(22)26-16/h4-8,11-12H,9-10H2,1-3H3. The van der Waals surface area contributed by atoms with E-state index >= 15 is 0 Å². The van der Waals surface area contributed by atoms with Crippen LogP contribution in [-0.2, 0) is 16.5 Å². The number of rotatable bonds is 3. The first-order chi connectivity index (χ1) is 13.0. The van der Waals surface area contributed by atoms with Gasteiger partial charge in [-0.15, -0.1) is 0 Å². The number of pyridine rings is 1. The molecule has 28 heavy (non-hydrogen) atoms. The Balaban J connectivity index is 2.04. The molecule has 0 saturated carbocycles. The summed E-state index contributed by atoms with van der Waals surface area (Å²) < 4.78 is 39.6. The van der Waals surface area contributed by atoms with Gasteiger partial charge in [0, 0.05) is 12.1 Å². The van der Waals surface area contributed by atoms with Crippen LogP contribution in [0.5, 0.6) is 0 Å². The van der Waals surface area contributed by atoms with Crippen LogP contribution >= 0.6 is 11.6 Å². The number of carbonyl (C=O) groups excluding carboxylic acids is 1. The van der Waals surface area contributed by atoms with Gasteiger partial charge in [-0.3, -0.25) is 4.79 Å². The minimum atomic E-state index is -4.55. The number of halogens is 4. The maximum absolute atomic E-state index is 13.3. The molecule has 0 atom stereocenters. The molecule has 1 aromatic carbocycles. The first-order valence-electron chi connectivity index (χ1n) is 8.84. The van der Waals surface area contributed by atoms with E-state index in [4.69, 9.17) is 11.6 Å². The number of alkyl halides is 3. The molecule has 1 amide bonds. The summed E-state index contributed by atoms with van der Waals surface area (Å²) in [5.74, 6) is -0.227. The predicted molar refractivity (Wildman–Crippen MR) is 103 cm³/mol. The summed E-state index contributed by atoms with van der Waals surface area (Å²) in [6.45, 7) is 5.67. The van der Waals surface area contributed by atoms with Gasteiger partial charge in [-0.2, -0.15) is 13.2 Å². The van der Waals surface area contributed by atoms with Gasteiger partial charge in [0.1, 0.15) is 5.15 Å². The lowest BCUT2D eigenvalue weighted by molar-refractivity contribution is -0.137. The second kappa shape index (κ2) is 7.24. The normalized spacial score (nSPS) is 16.0. The smallest absolute Gasteiger partial charge is 0.328 e. The first-order valence-corrected chi connectivity index (χ1v) is 9.22. The van der Waals surface area contributed by atoms with Crippen molar-refractivity contribution in [2.45, 2.75) is 38.9 Å². The topological polar surface area (TPSA) is 33.2 Å². The van der Waals surface area contributed by atoms with Crippen LogP contribution < -0.4 is 0 Å². The van der Waals surface area contributed by atoms with Crippen LogP contribution in [-0.4, -0.2) is 22.3 Å². The lowest BCUT2D eigenvalue weighted by Gasteiger charge is -2.41. The van der Waals surface area contributed by atoms with Crippen LogP contribution in [0, 0.1) is 0 Å². The van der Waals surface area contributed by atoms with Crippen LogP contribution in [0.1, 0.15) is 44.0 Å². The Morgan fingerprint density at radius 1 is 1.11 bits per heavy atom. The molecule has 2 heterocycles. The Hall–Kier alpha value is -2.34. The van der Waals surface area contributed by atoms with Crippen LogP contribution in [0.25, 0.3) is 5.57 Å². The molecule has 0 radical (unpaired) electrons. The van der Waals surface area contributed by atoms with Crippen LogP contribution in [0.4, 0.5) is 13.2 Å². The zero-order chi connectivity index (χ0) is 20.7. The Morgan fingerprint density at radius 2 is 1.75 bits per heavy atom. The van der Waals surface area contributed by atoms with E-state index in [-0.39, 0.29) is 16.8 Å². The van der Waals surface area contributed by atoms with Crippen molar-refractivity contribution in [2.75, 3.05) is 6.54 Å². The van der Waals surface area contributed by atoms with Crippen molar-refractivity contribution in [1.82, 2.24) is 9.88 Å². The van der Waals surface area contributed by atoms with Gasteiger partial charge in [0.2, 0.25) is 0 Å². The molecule has 0 bridgehead atoms. The minimum Gasteiger partial charge on any atom is -0.328 e. The number of hydrogen-bond acceptors (Lipinski definition) is 2. The highest BCUT2D eigenvalue weighted by atomic mass is 35.5. The van der Waals surface area contributed by atoms with E-state index in [1.807, 2.05) is 37.3 Å². The van der Waals surface area contributed by atoms with Crippen LogP contribution in [0.2, 0.25) is 5.15 Å². The first kappa shape index (κ1) is 20.4. The molecule has 148 valence electrons. The number of benzene rings is 1. The van der Waals surface area contributed by atoms with Gasteiger partial charge in [0.15, 0.2) is 0 Å². The van der Waals surface area contributed by atoms with Gasteiger partial charge in [-0.1, -0.05) is 47.5 Å². The Labute approximate surface area is 166 Å². The molecule has 2 aromatic rings. The average Bonchev–Trinajstić information content (AvgIpc) is 2.61. The molecule has 3 nitrogen and oxygen atoms in total. The predicted octanol–water partition coefficient (Wildman–Crippen LogP) is 5.69. The van der Waals surface area contributed by atoms with Crippen molar-refractivity contribution in [2.24, 2.45) is 0 Å². The summed E-state index contributed by atoms with van der Waals surface area (Å²) in [7, 11) is 0.